The second-order valence-electron chi connectivity index (χ2n) is 5.57. The topological polar surface area (TPSA) is 49.8 Å². The van der Waals surface area contributed by atoms with E-state index < -0.39 is 11.6 Å². The highest BCUT2D eigenvalue weighted by Crippen LogP contribution is 2.44. The Labute approximate surface area is 114 Å². The van der Waals surface area contributed by atoms with Gasteiger partial charge in [0.25, 0.3) is 0 Å². The molecule has 0 bridgehead atoms. The molecule has 0 spiro atoms. The van der Waals surface area contributed by atoms with Gasteiger partial charge in [-0.1, -0.05) is 0 Å². The van der Waals surface area contributed by atoms with Gasteiger partial charge in [0.2, 0.25) is 0 Å². The molecule has 1 saturated heterocycles. The lowest BCUT2D eigenvalue weighted by Gasteiger charge is -2.14. The molecule has 1 aromatic carbocycles. The fraction of sp³-hybridized carbons (Fsp3) is 0.429. The number of fused-ring (bicyclic) bond motifs is 2. The van der Waals surface area contributed by atoms with Crippen LogP contribution in [0.25, 0.3) is 11.0 Å². The third kappa shape index (κ3) is 2.00. The summed E-state index contributed by atoms with van der Waals surface area (Å²) >= 11 is 0. The zero-order chi connectivity index (χ0) is 13.7. The number of rotatable bonds is 3. The van der Waals surface area contributed by atoms with Crippen molar-refractivity contribution in [2.24, 2.45) is 11.8 Å². The summed E-state index contributed by atoms with van der Waals surface area (Å²) in [5.74, 6) is 0.420. The van der Waals surface area contributed by atoms with E-state index in [0.717, 1.165) is 37.1 Å². The Hall–Kier alpha value is -1.82. The number of benzene rings is 1. The molecule has 0 radical (unpaired) electrons. The summed E-state index contributed by atoms with van der Waals surface area (Å²) in [5.41, 5.74) is 0.716. The Bertz CT molecular complexity index is 676. The summed E-state index contributed by atoms with van der Waals surface area (Å²) < 4.78 is 26.3. The van der Waals surface area contributed by atoms with Crippen LogP contribution in [0.15, 0.2) is 18.3 Å². The predicted octanol–water partition coefficient (Wildman–Crippen LogP) is 1.93. The molecule has 1 saturated carbocycles. The number of aromatic nitrogens is 2. The molecule has 2 fully saturated rings. The number of hydrogen-bond donors (Lipinski definition) is 2. The van der Waals surface area contributed by atoms with Gasteiger partial charge in [0.05, 0.1) is 17.2 Å². The van der Waals surface area contributed by atoms with Crippen molar-refractivity contribution in [2.75, 3.05) is 18.4 Å². The van der Waals surface area contributed by atoms with Crippen molar-refractivity contribution in [3.05, 3.63) is 30.0 Å². The molecule has 4 rings (SSSR count). The zero-order valence-electron chi connectivity index (χ0n) is 10.7. The van der Waals surface area contributed by atoms with Crippen molar-refractivity contribution in [1.29, 1.82) is 0 Å². The lowest BCUT2D eigenvalue weighted by Crippen LogP contribution is -2.33. The van der Waals surface area contributed by atoms with E-state index in [2.05, 4.69) is 20.6 Å². The van der Waals surface area contributed by atoms with Crippen LogP contribution in [0.5, 0.6) is 0 Å². The molecule has 0 unspecified atom stereocenters. The predicted molar refractivity (Wildman–Crippen MR) is 71.3 cm³/mol. The second-order valence-corrected chi connectivity index (χ2v) is 5.57. The highest BCUT2D eigenvalue weighted by molar-refractivity contribution is 5.75. The van der Waals surface area contributed by atoms with Gasteiger partial charge in [-0.05, 0) is 24.8 Å². The monoisotopic (exact) mass is 276 g/mol. The van der Waals surface area contributed by atoms with E-state index in [1.807, 2.05) is 0 Å². The molecule has 20 heavy (non-hydrogen) atoms. The minimum atomic E-state index is -0.901. The fourth-order valence-corrected chi connectivity index (χ4v) is 2.98. The summed E-state index contributed by atoms with van der Waals surface area (Å²) in [7, 11) is 0. The molecule has 6 heteroatoms. The zero-order valence-corrected chi connectivity index (χ0v) is 10.7. The molecular formula is C14H14F2N4. The SMILES string of the molecule is Fc1cc2ncc(NC[C@H]3NC[C@H]4C[C@H]43)nc2cc1F. The second kappa shape index (κ2) is 4.34. The smallest absolute Gasteiger partial charge is 0.161 e. The average Bonchev–Trinajstić information content (AvgIpc) is 3.11. The van der Waals surface area contributed by atoms with Crippen LogP contribution in [0, 0.1) is 23.5 Å². The van der Waals surface area contributed by atoms with E-state index >= 15 is 0 Å². The molecule has 2 heterocycles. The maximum absolute atomic E-state index is 13.2. The van der Waals surface area contributed by atoms with E-state index in [0.29, 0.717) is 22.9 Å². The Balaban J connectivity index is 1.53. The van der Waals surface area contributed by atoms with E-state index in [4.69, 9.17) is 0 Å². The molecule has 1 aliphatic carbocycles. The van der Waals surface area contributed by atoms with Crippen LogP contribution in [0.2, 0.25) is 0 Å². The molecule has 3 atom stereocenters. The van der Waals surface area contributed by atoms with Gasteiger partial charge < -0.3 is 10.6 Å². The van der Waals surface area contributed by atoms with Crippen LogP contribution in [-0.2, 0) is 0 Å². The molecule has 4 nitrogen and oxygen atoms in total. The number of anilines is 1. The summed E-state index contributed by atoms with van der Waals surface area (Å²) in [4.78, 5) is 8.37. The van der Waals surface area contributed by atoms with Crippen molar-refractivity contribution < 1.29 is 8.78 Å². The molecule has 1 aromatic heterocycles. The van der Waals surface area contributed by atoms with Crippen molar-refractivity contribution in [1.82, 2.24) is 15.3 Å². The first-order valence-corrected chi connectivity index (χ1v) is 6.80. The van der Waals surface area contributed by atoms with Gasteiger partial charge in [-0.25, -0.2) is 13.8 Å². The van der Waals surface area contributed by atoms with Crippen molar-refractivity contribution in [3.63, 3.8) is 0 Å². The Kier molecular flexibility index (Phi) is 2.60. The quantitative estimate of drug-likeness (QED) is 0.899. The van der Waals surface area contributed by atoms with Crippen LogP contribution in [0.1, 0.15) is 6.42 Å². The molecule has 104 valence electrons. The average molecular weight is 276 g/mol. The van der Waals surface area contributed by atoms with E-state index in [1.165, 1.54) is 6.42 Å². The number of hydrogen-bond acceptors (Lipinski definition) is 4. The molecule has 2 aromatic rings. The first-order valence-electron chi connectivity index (χ1n) is 6.80. The van der Waals surface area contributed by atoms with E-state index in [1.54, 1.807) is 6.20 Å². The fourth-order valence-electron chi connectivity index (χ4n) is 2.98. The molecule has 1 aliphatic heterocycles. The van der Waals surface area contributed by atoms with Gasteiger partial charge in [-0.15, -0.1) is 0 Å². The van der Waals surface area contributed by atoms with Crippen LogP contribution >= 0.6 is 0 Å². The number of nitrogens with one attached hydrogen (secondary N) is 2. The van der Waals surface area contributed by atoms with Gasteiger partial charge in [0.15, 0.2) is 11.6 Å². The minimum absolute atomic E-state index is 0.357. The van der Waals surface area contributed by atoms with Gasteiger partial charge in [-0.3, -0.25) is 4.98 Å². The maximum atomic E-state index is 13.2. The van der Waals surface area contributed by atoms with Gasteiger partial charge >= 0.3 is 0 Å². The molecule has 2 aliphatic rings. The number of halogens is 2. The highest BCUT2D eigenvalue weighted by atomic mass is 19.2. The minimum Gasteiger partial charge on any atom is -0.367 e. The van der Waals surface area contributed by atoms with Gasteiger partial charge in [-0.2, -0.15) is 0 Å². The summed E-state index contributed by atoms with van der Waals surface area (Å²) in [5, 5.41) is 6.68. The number of nitrogens with zero attached hydrogens (tertiary/aromatic N) is 2. The summed E-state index contributed by atoms with van der Waals surface area (Å²) in [6.07, 6.45) is 2.87. The van der Waals surface area contributed by atoms with E-state index in [-0.39, 0.29) is 0 Å². The van der Waals surface area contributed by atoms with Crippen molar-refractivity contribution in [3.8, 4) is 0 Å². The van der Waals surface area contributed by atoms with Crippen LogP contribution in [0.4, 0.5) is 14.6 Å². The largest absolute Gasteiger partial charge is 0.367 e. The number of piperidine rings is 1. The van der Waals surface area contributed by atoms with Crippen LogP contribution in [-0.4, -0.2) is 29.1 Å². The summed E-state index contributed by atoms with van der Waals surface area (Å²) in [6.45, 7) is 1.88. The van der Waals surface area contributed by atoms with Crippen molar-refractivity contribution >= 4 is 16.9 Å². The van der Waals surface area contributed by atoms with E-state index in [9.17, 15) is 8.78 Å². The third-order valence-electron chi connectivity index (χ3n) is 4.22. The summed E-state index contributed by atoms with van der Waals surface area (Å²) in [6, 6.07) is 2.62. The molecular weight excluding hydrogens is 262 g/mol. The Morgan fingerprint density at radius 1 is 1.25 bits per heavy atom. The first kappa shape index (κ1) is 12.0. The Morgan fingerprint density at radius 2 is 2.05 bits per heavy atom. The Morgan fingerprint density at radius 3 is 2.75 bits per heavy atom. The molecule has 2 N–H and O–H groups in total. The van der Waals surface area contributed by atoms with Crippen molar-refractivity contribution in [2.45, 2.75) is 12.5 Å². The van der Waals surface area contributed by atoms with Crippen LogP contribution in [0.3, 0.4) is 0 Å². The normalized spacial score (nSPS) is 27.6. The van der Waals surface area contributed by atoms with Gasteiger partial charge in [0, 0.05) is 24.7 Å². The standard InChI is InChI=1S/C14H14F2N4/c15-9-2-11-12(3-10(9)16)20-14(6-18-11)19-5-13-8-1-7(8)4-17-13/h2-3,6-8,13,17H,1,4-5H2,(H,19,20)/t7-,8-,13-/m1/s1. The van der Waals surface area contributed by atoms with Crippen LogP contribution < -0.4 is 10.6 Å². The first-order chi connectivity index (χ1) is 9.70. The van der Waals surface area contributed by atoms with Gasteiger partial charge in [0.1, 0.15) is 5.82 Å². The highest BCUT2D eigenvalue weighted by Gasteiger charge is 2.47. The third-order valence-corrected chi connectivity index (χ3v) is 4.22. The lowest BCUT2D eigenvalue weighted by atomic mass is 10.2. The lowest BCUT2D eigenvalue weighted by molar-refractivity contribution is 0.510. The maximum Gasteiger partial charge on any atom is 0.161 e. The molecule has 0 amide bonds.